The summed E-state index contributed by atoms with van der Waals surface area (Å²) in [7, 11) is 0. The van der Waals surface area contributed by atoms with Crippen molar-refractivity contribution in [3.05, 3.63) is 52.7 Å². The van der Waals surface area contributed by atoms with Gasteiger partial charge in [0, 0.05) is 17.9 Å². The van der Waals surface area contributed by atoms with Crippen LogP contribution in [0.4, 0.5) is 4.39 Å². The third kappa shape index (κ3) is 8.47. The van der Waals surface area contributed by atoms with E-state index in [9.17, 15) is 9.30 Å². The normalized spacial score (nSPS) is 24.9. The molecule has 5 atom stereocenters. The van der Waals surface area contributed by atoms with Gasteiger partial charge in [0.05, 0.1) is 25.4 Å². The minimum atomic E-state index is -0.751. The Morgan fingerprint density at radius 3 is 2.57 bits per heavy atom. The fourth-order valence-corrected chi connectivity index (χ4v) is 5.38. The SMILES string of the molecule is CCCCCCOC[C@@H]1[C@H](CC=CCCC(C)(C)C(N=O)OCc2ccc(F)cc2)[C@@H]2CC[C@H]1O2. The van der Waals surface area contributed by atoms with Gasteiger partial charge < -0.3 is 14.2 Å². The molecule has 1 unspecified atom stereocenters. The van der Waals surface area contributed by atoms with Gasteiger partial charge in [-0.1, -0.05) is 64.3 Å². The summed E-state index contributed by atoms with van der Waals surface area (Å²) in [6.45, 7) is 8.16. The van der Waals surface area contributed by atoms with Crippen LogP contribution in [0.2, 0.25) is 0 Å². The van der Waals surface area contributed by atoms with E-state index in [-0.39, 0.29) is 12.4 Å². The number of ether oxygens (including phenoxy) is 3. The van der Waals surface area contributed by atoms with E-state index in [1.165, 1.54) is 44.2 Å². The van der Waals surface area contributed by atoms with E-state index >= 15 is 0 Å². The van der Waals surface area contributed by atoms with Gasteiger partial charge in [-0.3, -0.25) is 0 Å². The number of fused-ring (bicyclic) bond motifs is 2. The van der Waals surface area contributed by atoms with Gasteiger partial charge >= 0.3 is 0 Å². The average molecular weight is 490 g/mol. The Morgan fingerprint density at radius 2 is 1.86 bits per heavy atom. The molecular weight excluding hydrogens is 445 g/mol. The minimum absolute atomic E-state index is 0.238. The molecule has 6 heteroatoms. The largest absolute Gasteiger partial charge is 0.381 e. The Morgan fingerprint density at radius 1 is 1.11 bits per heavy atom. The highest BCUT2D eigenvalue weighted by Crippen LogP contribution is 2.45. The molecule has 2 fully saturated rings. The van der Waals surface area contributed by atoms with E-state index in [0.717, 1.165) is 44.5 Å². The standard InChI is InChI=1S/C29H44FNO4/c1-4-5-6-10-19-33-21-25-24(26-16-17-27(25)35-26)11-8-7-9-18-29(2,3)28(31-32)34-20-22-12-14-23(30)15-13-22/h7-8,12-15,24-28H,4-6,9-11,16-21H2,1-3H3/t24-,25+,26-,27+,28?/m0/s1. The van der Waals surface area contributed by atoms with Crippen molar-refractivity contribution in [2.24, 2.45) is 22.4 Å². The van der Waals surface area contributed by atoms with E-state index in [0.29, 0.717) is 24.0 Å². The molecule has 0 amide bonds. The van der Waals surface area contributed by atoms with Gasteiger partial charge in [0.25, 0.3) is 0 Å². The first-order chi connectivity index (χ1) is 16.9. The van der Waals surface area contributed by atoms with Crippen molar-refractivity contribution in [2.45, 2.75) is 104 Å². The molecule has 0 spiro atoms. The van der Waals surface area contributed by atoms with Gasteiger partial charge in [-0.15, -0.1) is 4.91 Å². The third-order valence-electron chi connectivity index (χ3n) is 7.66. The Labute approximate surface area is 210 Å². The molecule has 196 valence electrons. The fourth-order valence-electron chi connectivity index (χ4n) is 5.38. The van der Waals surface area contributed by atoms with Gasteiger partial charge in [0.2, 0.25) is 0 Å². The molecule has 0 saturated carbocycles. The number of unbranched alkanes of at least 4 members (excludes halogenated alkanes) is 3. The lowest BCUT2D eigenvalue weighted by Crippen LogP contribution is -2.30. The molecule has 2 heterocycles. The predicted molar refractivity (Wildman–Crippen MR) is 137 cm³/mol. The van der Waals surface area contributed by atoms with Crippen LogP contribution in [0.5, 0.6) is 0 Å². The summed E-state index contributed by atoms with van der Waals surface area (Å²) >= 11 is 0. The lowest BCUT2D eigenvalue weighted by Gasteiger charge is -2.29. The molecule has 1 aromatic rings. The first kappa shape index (κ1) is 27.9. The van der Waals surface area contributed by atoms with Gasteiger partial charge in [-0.25, -0.2) is 4.39 Å². The van der Waals surface area contributed by atoms with Crippen molar-refractivity contribution in [1.82, 2.24) is 0 Å². The Hall–Kier alpha value is -1.63. The first-order valence-electron chi connectivity index (χ1n) is 13.5. The monoisotopic (exact) mass is 489 g/mol. The molecule has 1 aromatic carbocycles. The molecule has 2 aliphatic heterocycles. The highest BCUT2D eigenvalue weighted by atomic mass is 19.1. The van der Waals surface area contributed by atoms with E-state index in [4.69, 9.17) is 14.2 Å². The fraction of sp³-hybridized carbons (Fsp3) is 0.724. The second-order valence-corrected chi connectivity index (χ2v) is 10.9. The van der Waals surface area contributed by atoms with Crippen molar-refractivity contribution < 1.29 is 18.6 Å². The van der Waals surface area contributed by atoms with Crippen molar-refractivity contribution in [3.8, 4) is 0 Å². The summed E-state index contributed by atoms with van der Waals surface area (Å²) < 4.78 is 31.1. The zero-order valence-electron chi connectivity index (χ0n) is 21.8. The van der Waals surface area contributed by atoms with Crippen molar-refractivity contribution >= 4 is 0 Å². The molecule has 2 saturated heterocycles. The van der Waals surface area contributed by atoms with Crippen LogP contribution in [0.3, 0.4) is 0 Å². The summed E-state index contributed by atoms with van der Waals surface area (Å²) in [6.07, 6.45) is 14.4. The maximum absolute atomic E-state index is 13.1. The van der Waals surface area contributed by atoms with Crippen LogP contribution in [-0.2, 0) is 20.8 Å². The van der Waals surface area contributed by atoms with Crippen LogP contribution in [0.15, 0.2) is 41.6 Å². The van der Waals surface area contributed by atoms with E-state index in [2.05, 4.69) is 24.3 Å². The van der Waals surface area contributed by atoms with Gasteiger partial charge in [-0.2, -0.15) is 0 Å². The second kappa shape index (κ2) is 14.2. The van der Waals surface area contributed by atoms with Gasteiger partial charge in [0.1, 0.15) is 5.82 Å². The van der Waals surface area contributed by atoms with Crippen LogP contribution in [0.1, 0.15) is 84.1 Å². The number of nitrogens with zero attached hydrogens (tertiary/aromatic N) is 1. The molecule has 2 aliphatic rings. The van der Waals surface area contributed by atoms with Crippen LogP contribution < -0.4 is 0 Å². The molecule has 0 N–H and O–H groups in total. The average Bonchev–Trinajstić information content (AvgIpc) is 3.44. The maximum Gasteiger partial charge on any atom is 0.194 e. The summed E-state index contributed by atoms with van der Waals surface area (Å²) in [5.41, 5.74) is 0.429. The molecule has 35 heavy (non-hydrogen) atoms. The van der Waals surface area contributed by atoms with Crippen LogP contribution in [-0.4, -0.2) is 31.6 Å². The number of hydrogen-bond acceptors (Lipinski definition) is 5. The van der Waals surface area contributed by atoms with Gasteiger partial charge in [0.15, 0.2) is 6.23 Å². The predicted octanol–water partition coefficient (Wildman–Crippen LogP) is 7.58. The Bertz CT molecular complexity index is 781. The number of nitroso groups, excluding NO2 is 1. The molecule has 2 bridgehead atoms. The van der Waals surface area contributed by atoms with Crippen LogP contribution >= 0.6 is 0 Å². The first-order valence-corrected chi connectivity index (χ1v) is 13.5. The minimum Gasteiger partial charge on any atom is -0.381 e. The molecule has 0 aromatic heterocycles. The molecule has 5 nitrogen and oxygen atoms in total. The number of rotatable bonds is 17. The second-order valence-electron chi connectivity index (χ2n) is 10.9. The topological polar surface area (TPSA) is 57.1 Å². The Balaban J connectivity index is 1.39. The highest BCUT2D eigenvalue weighted by Gasteiger charge is 2.48. The number of allylic oxidation sites excluding steroid dienone is 2. The number of benzene rings is 1. The molecule has 3 rings (SSSR count). The highest BCUT2D eigenvalue weighted by molar-refractivity contribution is 5.15. The van der Waals surface area contributed by atoms with Crippen LogP contribution in [0.25, 0.3) is 0 Å². The zero-order chi connectivity index (χ0) is 25.1. The molecular formula is C29H44FNO4. The summed E-state index contributed by atoms with van der Waals surface area (Å²) in [5, 5.41) is 3.24. The number of hydrogen-bond donors (Lipinski definition) is 0. The molecule has 0 radical (unpaired) electrons. The summed E-state index contributed by atoms with van der Waals surface area (Å²) in [5.74, 6) is 0.755. The molecule has 0 aliphatic carbocycles. The van der Waals surface area contributed by atoms with Crippen molar-refractivity contribution in [2.75, 3.05) is 13.2 Å². The summed E-state index contributed by atoms with van der Waals surface area (Å²) in [6, 6.07) is 6.11. The lowest BCUT2D eigenvalue weighted by atomic mass is 9.78. The van der Waals surface area contributed by atoms with Crippen molar-refractivity contribution in [1.29, 1.82) is 0 Å². The van der Waals surface area contributed by atoms with E-state index < -0.39 is 11.6 Å². The zero-order valence-corrected chi connectivity index (χ0v) is 21.8. The number of halogens is 1. The quantitative estimate of drug-likeness (QED) is 0.129. The lowest BCUT2D eigenvalue weighted by molar-refractivity contribution is -0.0339. The van der Waals surface area contributed by atoms with Crippen LogP contribution in [0, 0.1) is 28.0 Å². The van der Waals surface area contributed by atoms with Gasteiger partial charge in [-0.05, 0) is 67.3 Å². The third-order valence-corrected chi connectivity index (χ3v) is 7.66. The van der Waals surface area contributed by atoms with E-state index in [1.807, 2.05) is 13.8 Å². The maximum atomic E-state index is 13.1. The van der Waals surface area contributed by atoms with E-state index in [1.54, 1.807) is 12.1 Å². The van der Waals surface area contributed by atoms with Crippen molar-refractivity contribution in [3.63, 3.8) is 0 Å². The smallest absolute Gasteiger partial charge is 0.194 e. The Kier molecular flexibility index (Phi) is 11.3. The summed E-state index contributed by atoms with van der Waals surface area (Å²) in [4.78, 5) is 11.5.